The number of rotatable bonds is 7. The highest BCUT2D eigenvalue weighted by Gasteiger charge is 2.08. The molecule has 0 bridgehead atoms. The molecule has 0 heterocycles. The van der Waals surface area contributed by atoms with Gasteiger partial charge >= 0.3 is 0 Å². The molecule has 1 N–H and O–H groups in total. The van der Waals surface area contributed by atoms with E-state index >= 15 is 0 Å². The van der Waals surface area contributed by atoms with E-state index in [0.717, 1.165) is 11.0 Å². The molecule has 1 aromatic rings. The van der Waals surface area contributed by atoms with Crippen LogP contribution in [0, 0.1) is 0 Å². The van der Waals surface area contributed by atoms with E-state index in [4.69, 9.17) is 0 Å². The van der Waals surface area contributed by atoms with Crippen molar-refractivity contribution >= 4 is 15.9 Å². The Bertz CT molecular complexity index is 281. The summed E-state index contributed by atoms with van der Waals surface area (Å²) in [7, 11) is 0. The molecule has 1 unspecified atom stereocenters. The molecule has 0 radical (unpaired) electrons. The van der Waals surface area contributed by atoms with E-state index in [1.54, 1.807) is 0 Å². The van der Waals surface area contributed by atoms with Gasteiger partial charge in [0.25, 0.3) is 0 Å². The van der Waals surface area contributed by atoms with Crippen LogP contribution in [0.4, 0.5) is 0 Å². The molecular formula is C14H22BrN. The second kappa shape index (κ2) is 7.86. The summed E-state index contributed by atoms with van der Waals surface area (Å²) in [4.78, 5) is 0. The third-order valence-corrected chi connectivity index (χ3v) is 3.35. The lowest BCUT2D eigenvalue weighted by Crippen LogP contribution is -2.20. The van der Waals surface area contributed by atoms with E-state index in [1.807, 2.05) is 0 Å². The van der Waals surface area contributed by atoms with Crippen LogP contribution >= 0.6 is 15.9 Å². The smallest absolute Gasteiger partial charge is 0.0320 e. The van der Waals surface area contributed by atoms with E-state index in [0.29, 0.717) is 6.04 Å². The van der Waals surface area contributed by atoms with E-state index < -0.39 is 0 Å². The first-order valence-corrected chi connectivity index (χ1v) is 7.06. The van der Waals surface area contributed by atoms with E-state index in [1.165, 1.54) is 31.2 Å². The molecule has 0 amide bonds. The second-order valence-electron chi connectivity index (χ2n) is 4.16. The van der Waals surface area contributed by atoms with E-state index in [2.05, 4.69) is 59.4 Å². The summed E-state index contributed by atoms with van der Waals surface area (Å²) in [6, 6.07) is 9.19. The fraction of sp³-hybridized carbons (Fsp3) is 0.571. The Morgan fingerprint density at radius 1 is 1.12 bits per heavy atom. The Kier molecular flexibility index (Phi) is 6.74. The Morgan fingerprint density at radius 3 is 2.38 bits per heavy atom. The summed E-state index contributed by atoms with van der Waals surface area (Å²) in [5.41, 5.74) is 1.40. The van der Waals surface area contributed by atoms with Crippen LogP contribution in [0.5, 0.6) is 0 Å². The summed E-state index contributed by atoms with van der Waals surface area (Å²) >= 11 is 3.48. The van der Waals surface area contributed by atoms with Crippen molar-refractivity contribution in [1.82, 2.24) is 5.32 Å². The van der Waals surface area contributed by atoms with Gasteiger partial charge < -0.3 is 5.32 Å². The molecule has 0 aromatic heterocycles. The highest BCUT2D eigenvalue weighted by Crippen LogP contribution is 2.21. The number of benzene rings is 1. The molecule has 0 saturated heterocycles. The minimum absolute atomic E-state index is 0.518. The van der Waals surface area contributed by atoms with Gasteiger partial charge in [0.05, 0.1) is 0 Å². The maximum Gasteiger partial charge on any atom is 0.0320 e. The fourth-order valence-electron chi connectivity index (χ4n) is 1.93. The lowest BCUT2D eigenvalue weighted by atomic mass is 10.0. The normalized spacial score (nSPS) is 12.7. The van der Waals surface area contributed by atoms with Crippen molar-refractivity contribution in [2.45, 2.75) is 45.6 Å². The summed E-state index contributed by atoms with van der Waals surface area (Å²) in [5.74, 6) is 0. The van der Waals surface area contributed by atoms with E-state index in [-0.39, 0.29) is 0 Å². The molecule has 0 aliphatic carbocycles. The third-order valence-electron chi connectivity index (χ3n) is 2.82. The number of hydrogen-bond acceptors (Lipinski definition) is 1. The monoisotopic (exact) mass is 283 g/mol. The largest absolute Gasteiger partial charge is 0.310 e. The highest BCUT2D eigenvalue weighted by atomic mass is 79.9. The maximum atomic E-state index is 3.56. The lowest BCUT2D eigenvalue weighted by Gasteiger charge is -2.18. The van der Waals surface area contributed by atoms with E-state index in [9.17, 15) is 0 Å². The molecule has 0 fully saturated rings. The zero-order chi connectivity index (χ0) is 11.8. The predicted molar refractivity (Wildman–Crippen MR) is 74.7 cm³/mol. The molecule has 1 nitrogen and oxygen atoms in total. The minimum Gasteiger partial charge on any atom is -0.310 e. The van der Waals surface area contributed by atoms with Crippen molar-refractivity contribution in [3.8, 4) is 0 Å². The van der Waals surface area contributed by atoms with Crippen LogP contribution in [0.2, 0.25) is 0 Å². The van der Waals surface area contributed by atoms with Crippen LogP contribution < -0.4 is 5.32 Å². The van der Waals surface area contributed by atoms with Crippen molar-refractivity contribution in [2.24, 2.45) is 0 Å². The Morgan fingerprint density at radius 2 is 1.81 bits per heavy atom. The van der Waals surface area contributed by atoms with Gasteiger partial charge in [-0.1, -0.05) is 61.2 Å². The predicted octanol–water partition coefficient (Wildman–Crippen LogP) is 4.68. The first kappa shape index (κ1) is 13.7. The average Bonchev–Trinajstić information content (AvgIpc) is 2.29. The molecule has 0 spiro atoms. The van der Waals surface area contributed by atoms with Gasteiger partial charge in [0.15, 0.2) is 0 Å². The Labute approximate surface area is 108 Å². The summed E-state index contributed by atoms with van der Waals surface area (Å²) in [6.07, 6.45) is 5.17. The van der Waals surface area contributed by atoms with Gasteiger partial charge in [-0.2, -0.15) is 0 Å². The standard InChI is InChI=1S/C14H22BrN/c1-3-5-6-7-14(16-4-2)12-8-10-13(15)11-9-12/h8-11,14,16H,3-7H2,1-2H3. The lowest BCUT2D eigenvalue weighted by molar-refractivity contribution is 0.486. The van der Waals surface area contributed by atoms with Gasteiger partial charge in [0.2, 0.25) is 0 Å². The number of nitrogens with one attached hydrogen (secondary N) is 1. The van der Waals surface area contributed by atoms with Gasteiger partial charge in [0, 0.05) is 10.5 Å². The molecule has 90 valence electrons. The number of halogens is 1. The second-order valence-corrected chi connectivity index (χ2v) is 5.07. The van der Waals surface area contributed by atoms with Gasteiger partial charge in [-0.3, -0.25) is 0 Å². The topological polar surface area (TPSA) is 12.0 Å². The molecule has 1 aromatic carbocycles. The summed E-state index contributed by atoms with van der Waals surface area (Å²) < 4.78 is 1.15. The minimum atomic E-state index is 0.518. The van der Waals surface area contributed by atoms with Crippen molar-refractivity contribution in [2.75, 3.05) is 6.54 Å². The molecule has 0 saturated carbocycles. The molecule has 1 rings (SSSR count). The van der Waals surface area contributed by atoms with Gasteiger partial charge in [0.1, 0.15) is 0 Å². The van der Waals surface area contributed by atoms with Crippen LogP contribution in [0.3, 0.4) is 0 Å². The third kappa shape index (κ3) is 4.67. The van der Waals surface area contributed by atoms with Gasteiger partial charge in [-0.05, 0) is 30.7 Å². The summed E-state index contributed by atoms with van der Waals surface area (Å²) in [5, 5.41) is 3.56. The van der Waals surface area contributed by atoms with Gasteiger partial charge in [-0.15, -0.1) is 0 Å². The van der Waals surface area contributed by atoms with Crippen molar-refractivity contribution in [3.05, 3.63) is 34.3 Å². The zero-order valence-corrected chi connectivity index (χ0v) is 11.9. The molecule has 2 heteroatoms. The molecule has 0 aliphatic rings. The maximum absolute atomic E-state index is 3.56. The number of hydrogen-bond donors (Lipinski definition) is 1. The zero-order valence-electron chi connectivity index (χ0n) is 10.3. The first-order chi connectivity index (χ1) is 7.77. The summed E-state index contributed by atoms with van der Waals surface area (Å²) in [6.45, 7) is 5.46. The van der Waals surface area contributed by atoms with Crippen molar-refractivity contribution < 1.29 is 0 Å². The fourth-order valence-corrected chi connectivity index (χ4v) is 2.19. The molecular weight excluding hydrogens is 262 g/mol. The van der Waals surface area contributed by atoms with Crippen molar-refractivity contribution in [3.63, 3.8) is 0 Å². The average molecular weight is 284 g/mol. The SMILES string of the molecule is CCCCCC(NCC)c1ccc(Br)cc1. The van der Waals surface area contributed by atoms with Gasteiger partial charge in [-0.25, -0.2) is 0 Å². The van der Waals surface area contributed by atoms with Crippen LogP contribution in [0.15, 0.2) is 28.7 Å². The molecule has 0 aliphatic heterocycles. The quantitative estimate of drug-likeness (QED) is 0.717. The molecule has 1 atom stereocenters. The van der Waals surface area contributed by atoms with Crippen molar-refractivity contribution in [1.29, 1.82) is 0 Å². The van der Waals surface area contributed by atoms with Crippen LogP contribution in [-0.4, -0.2) is 6.54 Å². The highest BCUT2D eigenvalue weighted by molar-refractivity contribution is 9.10. The van der Waals surface area contributed by atoms with Crippen LogP contribution in [0.1, 0.15) is 51.1 Å². The van der Waals surface area contributed by atoms with Crippen LogP contribution in [0.25, 0.3) is 0 Å². The molecule has 16 heavy (non-hydrogen) atoms. The Hall–Kier alpha value is -0.340. The van der Waals surface area contributed by atoms with Crippen LogP contribution in [-0.2, 0) is 0 Å². The first-order valence-electron chi connectivity index (χ1n) is 6.26. The number of unbranched alkanes of at least 4 members (excludes halogenated alkanes) is 2. The Balaban J connectivity index is 2.57.